The van der Waals surface area contributed by atoms with E-state index in [1.165, 1.54) is 0 Å². The van der Waals surface area contributed by atoms with Crippen LogP contribution in [-0.2, 0) is 4.74 Å². The van der Waals surface area contributed by atoms with E-state index in [1.54, 1.807) is 40.8 Å². The summed E-state index contributed by atoms with van der Waals surface area (Å²) in [4.78, 5) is 31.0. The van der Waals surface area contributed by atoms with Crippen molar-refractivity contribution in [1.82, 2.24) is 14.8 Å². The Balaban J connectivity index is 1.85. The van der Waals surface area contributed by atoms with Crippen molar-refractivity contribution in [3.8, 4) is 0 Å². The summed E-state index contributed by atoms with van der Waals surface area (Å²) < 4.78 is 7.14. The maximum atomic E-state index is 12.8. The van der Waals surface area contributed by atoms with Gasteiger partial charge in [0.15, 0.2) is 18.0 Å². The van der Waals surface area contributed by atoms with Crippen molar-refractivity contribution in [1.29, 1.82) is 0 Å². The lowest BCUT2D eigenvalue weighted by atomic mass is 10.1. The van der Waals surface area contributed by atoms with E-state index in [1.807, 2.05) is 46.1 Å². The highest BCUT2D eigenvalue weighted by Gasteiger charge is 2.21. The Bertz CT molecular complexity index is 1040. The number of carbonyl (C=O) groups excluding carboxylic acids is 2. The predicted octanol–water partition coefficient (Wildman–Crippen LogP) is 4.90. The van der Waals surface area contributed by atoms with Crippen LogP contribution in [0.4, 0.5) is 0 Å². The predicted molar refractivity (Wildman–Crippen MR) is 115 cm³/mol. The summed E-state index contributed by atoms with van der Waals surface area (Å²) in [6.45, 7) is 7.74. The number of pyridine rings is 1. The highest BCUT2D eigenvalue weighted by molar-refractivity contribution is 7.98. The van der Waals surface area contributed by atoms with Crippen molar-refractivity contribution in [3.05, 3.63) is 53.3 Å². The summed E-state index contributed by atoms with van der Waals surface area (Å²) in [5.74, 6) is -0.645. The summed E-state index contributed by atoms with van der Waals surface area (Å²) in [6.07, 6.45) is 3.60. The van der Waals surface area contributed by atoms with Gasteiger partial charge in [0, 0.05) is 22.2 Å². The average molecular weight is 412 g/mol. The fraction of sp³-hybridized carbons (Fsp3) is 0.364. The third-order valence-electron chi connectivity index (χ3n) is 4.63. The van der Waals surface area contributed by atoms with Crippen molar-refractivity contribution >= 4 is 34.5 Å². The molecule has 0 aliphatic heterocycles. The molecule has 3 rings (SSSR count). The Morgan fingerprint density at radius 3 is 2.41 bits per heavy atom. The third kappa shape index (κ3) is 4.50. The summed E-state index contributed by atoms with van der Waals surface area (Å²) in [5.41, 5.74) is 2.34. The van der Waals surface area contributed by atoms with Crippen LogP contribution in [0.25, 0.3) is 11.0 Å². The van der Waals surface area contributed by atoms with Crippen LogP contribution in [-0.4, -0.2) is 39.4 Å². The van der Waals surface area contributed by atoms with Crippen molar-refractivity contribution in [3.63, 3.8) is 0 Å². The number of esters is 1. The first-order valence-corrected chi connectivity index (χ1v) is 10.8. The molecule has 0 aliphatic rings. The lowest BCUT2D eigenvalue weighted by molar-refractivity contribution is 0.0476. The van der Waals surface area contributed by atoms with Gasteiger partial charge in [-0.1, -0.05) is 26.0 Å². The van der Waals surface area contributed by atoms with Gasteiger partial charge in [0.25, 0.3) is 0 Å². The maximum Gasteiger partial charge on any atom is 0.339 e. The first kappa shape index (κ1) is 21.0. The van der Waals surface area contributed by atoms with Crippen molar-refractivity contribution in [2.75, 3.05) is 12.9 Å². The number of Topliss-reactive ketones (excluding diaryl/α,β-unsaturated/α-hetero) is 1. The second-order valence-corrected chi connectivity index (χ2v) is 8.28. The smallest absolute Gasteiger partial charge is 0.339 e. The van der Waals surface area contributed by atoms with E-state index < -0.39 is 5.97 Å². The normalized spacial score (nSPS) is 11.4. The molecule has 0 amide bonds. The lowest BCUT2D eigenvalue weighted by Crippen LogP contribution is -2.15. The minimum absolute atomic E-state index is 0.108. The molecule has 0 atom stereocenters. The molecule has 0 spiro atoms. The first-order valence-electron chi connectivity index (χ1n) is 9.54. The van der Waals surface area contributed by atoms with Gasteiger partial charge < -0.3 is 4.74 Å². The molecule has 7 heteroatoms. The van der Waals surface area contributed by atoms with E-state index in [0.717, 1.165) is 10.6 Å². The van der Waals surface area contributed by atoms with Gasteiger partial charge in [-0.05, 0) is 44.2 Å². The molecule has 0 saturated carbocycles. The zero-order valence-corrected chi connectivity index (χ0v) is 18.1. The van der Waals surface area contributed by atoms with Gasteiger partial charge in [0.1, 0.15) is 0 Å². The molecular weight excluding hydrogens is 386 g/mol. The van der Waals surface area contributed by atoms with Crippen molar-refractivity contribution in [2.45, 2.75) is 44.6 Å². The Hall–Kier alpha value is -2.67. The van der Waals surface area contributed by atoms with E-state index in [2.05, 4.69) is 10.1 Å². The number of benzene rings is 1. The second kappa shape index (κ2) is 8.78. The number of ketones is 1. The zero-order valence-electron chi connectivity index (χ0n) is 17.3. The fourth-order valence-corrected chi connectivity index (χ4v) is 3.36. The molecule has 0 aliphatic carbocycles. The molecule has 1 aromatic carbocycles. The molecule has 0 bridgehead atoms. The monoisotopic (exact) mass is 411 g/mol. The molecule has 6 nitrogen and oxygen atoms in total. The highest BCUT2D eigenvalue weighted by Crippen LogP contribution is 2.25. The Morgan fingerprint density at radius 2 is 1.83 bits per heavy atom. The molecule has 2 heterocycles. The minimum Gasteiger partial charge on any atom is -0.454 e. The number of ether oxygens (including phenoxy) is 1. The van der Waals surface area contributed by atoms with E-state index in [-0.39, 0.29) is 24.3 Å². The fourth-order valence-electron chi connectivity index (χ4n) is 2.95. The quantitative estimate of drug-likeness (QED) is 0.313. The molecule has 29 heavy (non-hydrogen) atoms. The number of rotatable bonds is 7. The summed E-state index contributed by atoms with van der Waals surface area (Å²) in [6, 6.07) is 9.09. The van der Waals surface area contributed by atoms with Gasteiger partial charge in [0.2, 0.25) is 0 Å². The zero-order chi connectivity index (χ0) is 21.1. The molecule has 3 aromatic rings. The van der Waals surface area contributed by atoms with Gasteiger partial charge in [-0.15, -0.1) is 11.8 Å². The number of fused-ring (bicyclic) bond motifs is 1. The summed E-state index contributed by atoms with van der Waals surface area (Å²) >= 11 is 1.60. The Morgan fingerprint density at radius 1 is 1.14 bits per heavy atom. The molecule has 0 saturated heterocycles. The van der Waals surface area contributed by atoms with Crippen LogP contribution < -0.4 is 0 Å². The molecule has 0 fully saturated rings. The van der Waals surface area contributed by atoms with E-state index in [4.69, 9.17) is 4.74 Å². The molecular formula is C22H25N3O3S. The van der Waals surface area contributed by atoms with E-state index in [9.17, 15) is 9.59 Å². The number of aromatic nitrogens is 3. The van der Waals surface area contributed by atoms with E-state index >= 15 is 0 Å². The third-order valence-corrected chi connectivity index (χ3v) is 5.38. The van der Waals surface area contributed by atoms with Gasteiger partial charge in [-0.3, -0.25) is 4.79 Å². The molecule has 2 aromatic heterocycles. The van der Waals surface area contributed by atoms with Crippen molar-refractivity contribution in [2.24, 2.45) is 0 Å². The van der Waals surface area contributed by atoms with Crippen molar-refractivity contribution < 1.29 is 14.3 Å². The van der Waals surface area contributed by atoms with Crippen LogP contribution in [0, 0.1) is 0 Å². The standard InChI is InChI=1S/C22H25N3O3S/c1-13(2)19-10-17(18-11-23-25(14(3)4)21(18)24-19)22(27)28-12-20(26)15-6-8-16(29-5)9-7-15/h6-11,13-14H,12H2,1-5H3. The summed E-state index contributed by atoms with van der Waals surface area (Å²) in [5, 5.41) is 5.00. The largest absolute Gasteiger partial charge is 0.454 e. The van der Waals surface area contributed by atoms with Crippen LogP contribution in [0.1, 0.15) is 66.1 Å². The second-order valence-electron chi connectivity index (χ2n) is 7.40. The number of thioether (sulfide) groups is 1. The van der Waals surface area contributed by atoms with Crippen LogP contribution in [0.2, 0.25) is 0 Å². The van der Waals surface area contributed by atoms with E-state index in [0.29, 0.717) is 22.2 Å². The van der Waals surface area contributed by atoms with Crippen LogP contribution >= 0.6 is 11.8 Å². The lowest BCUT2D eigenvalue weighted by Gasteiger charge is -2.12. The van der Waals surface area contributed by atoms with Crippen LogP contribution in [0.5, 0.6) is 0 Å². The molecule has 152 valence electrons. The minimum atomic E-state index is -0.545. The number of hydrogen-bond donors (Lipinski definition) is 0. The summed E-state index contributed by atoms with van der Waals surface area (Å²) in [7, 11) is 0. The Labute approximate surface area is 174 Å². The molecule has 0 N–H and O–H groups in total. The topological polar surface area (TPSA) is 74.1 Å². The number of carbonyl (C=O) groups is 2. The Kier molecular flexibility index (Phi) is 6.37. The average Bonchev–Trinajstić information content (AvgIpc) is 3.15. The molecule has 0 radical (unpaired) electrons. The van der Waals surface area contributed by atoms with Gasteiger partial charge in [-0.25, -0.2) is 14.5 Å². The van der Waals surface area contributed by atoms with Crippen LogP contribution in [0.15, 0.2) is 41.4 Å². The molecule has 0 unspecified atom stereocenters. The van der Waals surface area contributed by atoms with Gasteiger partial charge in [-0.2, -0.15) is 5.10 Å². The number of nitrogens with zero attached hydrogens (tertiary/aromatic N) is 3. The number of hydrogen-bond acceptors (Lipinski definition) is 6. The van der Waals surface area contributed by atoms with Gasteiger partial charge >= 0.3 is 5.97 Å². The SMILES string of the molecule is CSc1ccc(C(=O)COC(=O)c2cc(C(C)C)nc3c2cnn3C(C)C)cc1. The highest BCUT2D eigenvalue weighted by atomic mass is 32.2. The van der Waals surface area contributed by atoms with Gasteiger partial charge in [0.05, 0.1) is 17.1 Å². The van der Waals surface area contributed by atoms with Crippen LogP contribution in [0.3, 0.4) is 0 Å². The first-order chi connectivity index (χ1) is 13.8. The maximum absolute atomic E-state index is 12.8.